The number of ether oxygens (including phenoxy) is 1. The highest BCUT2D eigenvalue weighted by Crippen LogP contribution is 2.15. The molecule has 0 aliphatic heterocycles. The summed E-state index contributed by atoms with van der Waals surface area (Å²) in [6.45, 7) is 17.1. The minimum Gasteiger partial charge on any atom is -0.462 e. The normalized spacial score (nSPS) is 12.3. The van der Waals surface area contributed by atoms with E-state index in [-0.39, 0.29) is 5.97 Å². The van der Waals surface area contributed by atoms with Gasteiger partial charge >= 0.3 is 5.97 Å². The molecule has 1 aromatic carbocycles. The number of allylic oxidation sites excluding steroid dienone is 2. The summed E-state index contributed by atoms with van der Waals surface area (Å²) in [6, 6.07) is 9.13. The van der Waals surface area contributed by atoms with Crippen LogP contribution in [0.2, 0.25) is 0 Å². The van der Waals surface area contributed by atoms with Gasteiger partial charge in [-0.15, -0.1) is 13.2 Å². The molecule has 3 nitrogen and oxygen atoms in total. The lowest BCUT2D eigenvalue weighted by Gasteiger charge is -2.11. The molecule has 0 aromatic heterocycles. The second-order valence-electron chi connectivity index (χ2n) is 8.71. The first-order valence-electron chi connectivity index (χ1n) is 11.4. The summed E-state index contributed by atoms with van der Waals surface area (Å²) in [6.07, 6.45) is 8.86. The van der Waals surface area contributed by atoms with Crippen LogP contribution in [-0.4, -0.2) is 24.3 Å². The Bertz CT molecular complexity index is 591. The third kappa shape index (κ3) is 17.0. The summed E-state index contributed by atoms with van der Waals surface area (Å²) in [5.74, 6) is 1.03. The van der Waals surface area contributed by atoms with Crippen molar-refractivity contribution >= 4 is 5.97 Å². The summed E-state index contributed by atoms with van der Waals surface area (Å²) in [5, 5.41) is 8.63. The molecule has 0 saturated carbocycles. The maximum absolute atomic E-state index is 11.7. The van der Waals surface area contributed by atoms with Crippen LogP contribution in [0.3, 0.4) is 0 Å². The minimum absolute atomic E-state index is 0.227. The van der Waals surface area contributed by atoms with E-state index >= 15 is 0 Å². The average molecular weight is 417 g/mol. The fraction of sp³-hybridized carbons (Fsp3) is 0.593. The number of rotatable bonds is 14. The monoisotopic (exact) mass is 416 g/mol. The van der Waals surface area contributed by atoms with Crippen molar-refractivity contribution in [3.8, 4) is 0 Å². The van der Waals surface area contributed by atoms with Crippen LogP contribution in [0.1, 0.15) is 89.4 Å². The van der Waals surface area contributed by atoms with Crippen molar-refractivity contribution in [3.05, 3.63) is 60.2 Å². The minimum atomic E-state index is -0.227. The molecule has 0 spiro atoms. The van der Waals surface area contributed by atoms with E-state index in [1.807, 2.05) is 18.2 Å². The van der Waals surface area contributed by atoms with Crippen LogP contribution in [0.4, 0.5) is 0 Å². The molecule has 1 N–H and O–H groups in total. The lowest BCUT2D eigenvalue weighted by molar-refractivity contribution is 0.0484. The molecule has 1 rings (SSSR count). The van der Waals surface area contributed by atoms with Gasteiger partial charge in [0, 0.05) is 6.61 Å². The van der Waals surface area contributed by atoms with E-state index in [4.69, 9.17) is 9.84 Å². The van der Waals surface area contributed by atoms with Crippen LogP contribution in [0.15, 0.2) is 54.6 Å². The van der Waals surface area contributed by atoms with E-state index in [9.17, 15) is 4.79 Å². The summed E-state index contributed by atoms with van der Waals surface area (Å²) in [5.41, 5.74) is 3.13. The maximum atomic E-state index is 11.7. The van der Waals surface area contributed by atoms with Crippen molar-refractivity contribution in [3.63, 3.8) is 0 Å². The first-order chi connectivity index (χ1) is 14.3. The van der Waals surface area contributed by atoms with Crippen molar-refractivity contribution in [2.24, 2.45) is 11.8 Å². The Balaban J connectivity index is 0.000000654. The smallest absolute Gasteiger partial charge is 0.338 e. The molecule has 0 saturated heterocycles. The molecule has 2 unspecified atom stereocenters. The van der Waals surface area contributed by atoms with Gasteiger partial charge in [-0.25, -0.2) is 4.79 Å². The van der Waals surface area contributed by atoms with Crippen LogP contribution in [0.5, 0.6) is 0 Å². The first-order valence-corrected chi connectivity index (χ1v) is 11.4. The predicted octanol–water partition coefficient (Wildman–Crippen LogP) is 7.37. The van der Waals surface area contributed by atoms with Crippen molar-refractivity contribution in [2.75, 3.05) is 13.2 Å². The number of hydrogen-bond acceptors (Lipinski definition) is 3. The van der Waals surface area contributed by atoms with Crippen LogP contribution in [-0.2, 0) is 4.74 Å². The molecule has 1 aromatic rings. The Hall–Kier alpha value is -1.87. The van der Waals surface area contributed by atoms with Gasteiger partial charge in [0.1, 0.15) is 0 Å². The number of carbonyl (C=O) groups excluding carboxylic acids is 1. The molecule has 2 atom stereocenters. The Morgan fingerprint density at radius 2 is 1.40 bits per heavy atom. The van der Waals surface area contributed by atoms with Crippen LogP contribution < -0.4 is 0 Å². The van der Waals surface area contributed by atoms with Gasteiger partial charge in [0.25, 0.3) is 0 Å². The van der Waals surface area contributed by atoms with E-state index in [0.29, 0.717) is 30.6 Å². The second kappa shape index (κ2) is 17.9. The van der Waals surface area contributed by atoms with Crippen molar-refractivity contribution in [2.45, 2.75) is 79.1 Å². The Morgan fingerprint density at radius 3 is 1.87 bits per heavy atom. The largest absolute Gasteiger partial charge is 0.462 e. The Labute approximate surface area is 185 Å². The highest BCUT2D eigenvalue weighted by atomic mass is 16.5. The molecule has 0 amide bonds. The number of esters is 1. The standard InChI is InChI=1S/C17H24O2.C10H20O/c1-14(2)8-7-9-15(3)12-13-19-17(18)16-10-5-4-6-11-16;1-9(2)5-4-6-10(3)7-8-11/h4-6,10-11,15H,1,7-9,12-13H2,2-3H3;10-11H,1,4-8H2,2-3H3. The van der Waals surface area contributed by atoms with E-state index < -0.39 is 0 Å². The van der Waals surface area contributed by atoms with E-state index in [1.165, 1.54) is 30.4 Å². The molecule has 3 heteroatoms. The molecule has 30 heavy (non-hydrogen) atoms. The van der Waals surface area contributed by atoms with E-state index in [0.717, 1.165) is 32.1 Å². The molecule has 170 valence electrons. The zero-order valence-corrected chi connectivity index (χ0v) is 19.8. The summed E-state index contributed by atoms with van der Waals surface area (Å²) < 4.78 is 5.27. The van der Waals surface area contributed by atoms with Gasteiger partial charge in [0.2, 0.25) is 0 Å². The van der Waals surface area contributed by atoms with Crippen LogP contribution in [0.25, 0.3) is 0 Å². The van der Waals surface area contributed by atoms with Gasteiger partial charge in [0.15, 0.2) is 0 Å². The van der Waals surface area contributed by atoms with Gasteiger partial charge in [0.05, 0.1) is 12.2 Å². The van der Waals surface area contributed by atoms with Crippen LogP contribution in [0, 0.1) is 11.8 Å². The number of hydrogen-bond donors (Lipinski definition) is 1. The lowest BCUT2D eigenvalue weighted by atomic mass is 9.99. The average Bonchev–Trinajstić information content (AvgIpc) is 2.68. The van der Waals surface area contributed by atoms with Crippen molar-refractivity contribution in [1.82, 2.24) is 0 Å². The van der Waals surface area contributed by atoms with Gasteiger partial charge in [-0.2, -0.15) is 0 Å². The van der Waals surface area contributed by atoms with E-state index in [2.05, 4.69) is 40.9 Å². The highest BCUT2D eigenvalue weighted by molar-refractivity contribution is 5.89. The van der Waals surface area contributed by atoms with Crippen molar-refractivity contribution < 1.29 is 14.6 Å². The molecule has 0 aliphatic rings. The number of aliphatic hydroxyl groups excluding tert-OH is 1. The molecule has 0 bridgehead atoms. The van der Waals surface area contributed by atoms with Gasteiger partial charge in [-0.3, -0.25) is 0 Å². The first kappa shape index (κ1) is 28.1. The highest BCUT2D eigenvalue weighted by Gasteiger charge is 2.07. The molecular weight excluding hydrogens is 372 g/mol. The summed E-state index contributed by atoms with van der Waals surface area (Å²) in [4.78, 5) is 11.7. The molecule has 0 radical (unpaired) electrons. The summed E-state index contributed by atoms with van der Waals surface area (Å²) >= 11 is 0. The topological polar surface area (TPSA) is 46.5 Å². The second-order valence-corrected chi connectivity index (χ2v) is 8.71. The molecule has 0 fully saturated rings. The van der Waals surface area contributed by atoms with Gasteiger partial charge < -0.3 is 9.84 Å². The number of carbonyl (C=O) groups is 1. The third-order valence-electron chi connectivity index (χ3n) is 5.08. The van der Waals surface area contributed by atoms with Crippen molar-refractivity contribution in [1.29, 1.82) is 0 Å². The number of benzene rings is 1. The van der Waals surface area contributed by atoms with E-state index in [1.54, 1.807) is 12.1 Å². The summed E-state index contributed by atoms with van der Waals surface area (Å²) in [7, 11) is 0. The molecule has 0 aliphatic carbocycles. The molecular formula is C27H44O3. The third-order valence-corrected chi connectivity index (χ3v) is 5.08. The fourth-order valence-corrected chi connectivity index (χ4v) is 3.02. The zero-order valence-electron chi connectivity index (χ0n) is 19.8. The zero-order chi connectivity index (χ0) is 22.8. The van der Waals surface area contributed by atoms with Gasteiger partial charge in [-0.1, -0.05) is 56.0 Å². The van der Waals surface area contributed by atoms with Gasteiger partial charge in [-0.05, 0) is 76.3 Å². The maximum Gasteiger partial charge on any atom is 0.338 e. The number of aliphatic hydroxyl groups is 1. The predicted molar refractivity (Wildman–Crippen MR) is 129 cm³/mol. The SMILES string of the molecule is C=C(C)CCCC(C)CCO.C=C(C)CCCC(C)CCOC(=O)c1ccccc1. The quantitative estimate of drug-likeness (QED) is 0.254. The Kier molecular flexibility index (Phi) is 16.8. The Morgan fingerprint density at radius 1 is 0.900 bits per heavy atom. The fourth-order valence-electron chi connectivity index (χ4n) is 3.02. The lowest BCUT2D eigenvalue weighted by Crippen LogP contribution is -2.09. The molecule has 0 heterocycles. The van der Waals surface area contributed by atoms with Crippen LogP contribution >= 0.6 is 0 Å².